The average Bonchev–Trinajstić information content (AvgIpc) is 2.93. The van der Waals surface area contributed by atoms with Crippen molar-refractivity contribution in [1.29, 1.82) is 0 Å². The van der Waals surface area contributed by atoms with E-state index in [1.54, 1.807) is 0 Å². The van der Waals surface area contributed by atoms with Gasteiger partial charge in [-0.25, -0.2) is 0 Å². The fourth-order valence-electron chi connectivity index (χ4n) is 3.39. The van der Waals surface area contributed by atoms with E-state index in [0.29, 0.717) is 5.92 Å². The largest absolute Gasteiger partial charge is 0.377 e. The van der Waals surface area contributed by atoms with E-state index in [2.05, 4.69) is 31.0 Å². The SMILES string of the molecule is CN1CCCC1C(=O)NC[C@H]1CCO[C@@H]1C(C)(C)C. The Morgan fingerprint density at radius 1 is 1.37 bits per heavy atom. The molecule has 19 heavy (non-hydrogen) atoms. The first-order valence-electron chi connectivity index (χ1n) is 7.49. The molecule has 1 N–H and O–H groups in total. The van der Waals surface area contributed by atoms with Crippen LogP contribution in [0.2, 0.25) is 0 Å². The molecule has 2 aliphatic heterocycles. The quantitative estimate of drug-likeness (QED) is 0.846. The van der Waals surface area contributed by atoms with Gasteiger partial charge in [-0.1, -0.05) is 20.8 Å². The summed E-state index contributed by atoms with van der Waals surface area (Å²) in [6.07, 6.45) is 3.44. The number of nitrogens with zero attached hydrogens (tertiary/aromatic N) is 1. The highest BCUT2D eigenvalue weighted by molar-refractivity contribution is 5.81. The highest BCUT2D eigenvalue weighted by Gasteiger charge is 2.37. The second-order valence-electron chi connectivity index (χ2n) is 7.09. The van der Waals surface area contributed by atoms with E-state index in [1.807, 2.05) is 7.05 Å². The molecule has 110 valence electrons. The second kappa shape index (κ2) is 5.80. The zero-order valence-electron chi connectivity index (χ0n) is 12.7. The summed E-state index contributed by atoms with van der Waals surface area (Å²) in [7, 11) is 2.04. The Morgan fingerprint density at radius 2 is 2.11 bits per heavy atom. The van der Waals surface area contributed by atoms with E-state index in [9.17, 15) is 4.79 Å². The van der Waals surface area contributed by atoms with Gasteiger partial charge in [0.1, 0.15) is 0 Å². The monoisotopic (exact) mass is 268 g/mol. The fourth-order valence-corrected chi connectivity index (χ4v) is 3.39. The molecule has 2 rings (SSSR count). The van der Waals surface area contributed by atoms with Crippen LogP contribution in [0.4, 0.5) is 0 Å². The summed E-state index contributed by atoms with van der Waals surface area (Å²) in [6.45, 7) is 9.25. The second-order valence-corrected chi connectivity index (χ2v) is 7.09. The number of carbonyl (C=O) groups is 1. The summed E-state index contributed by atoms with van der Waals surface area (Å²) in [5.41, 5.74) is 0.149. The number of rotatable bonds is 3. The lowest BCUT2D eigenvalue weighted by Gasteiger charge is -2.31. The van der Waals surface area contributed by atoms with Gasteiger partial charge in [-0.15, -0.1) is 0 Å². The third-order valence-corrected chi connectivity index (χ3v) is 4.43. The summed E-state index contributed by atoms with van der Waals surface area (Å²) < 4.78 is 5.85. The average molecular weight is 268 g/mol. The van der Waals surface area contributed by atoms with Crippen LogP contribution in [0.25, 0.3) is 0 Å². The zero-order chi connectivity index (χ0) is 14.0. The number of likely N-dealkylation sites (N-methyl/N-ethyl adjacent to an activating group) is 1. The number of carbonyl (C=O) groups excluding carboxylic acids is 1. The Morgan fingerprint density at radius 3 is 2.68 bits per heavy atom. The van der Waals surface area contributed by atoms with Crippen LogP contribution >= 0.6 is 0 Å². The molecular weight excluding hydrogens is 240 g/mol. The molecule has 0 aromatic rings. The van der Waals surface area contributed by atoms with Crippen molar-refractivity contribution >= 4 is 5.91 Å². The van der Waals surface area contributed by atoms with Gasteiger partial charge in [0.25, 0.3) is 0 Å². The first kappa shape index (κ1) is 14.8. The molecule has 0 spiro atoms. The van der Waals surface area contributed by atoms with Gasteiger partial charge in [0.15, 0.2) is 0 Å². The zero-order valence-corrected chi connectivity index (χ0v) is 12.7. The van der Waals surface area contributed by atoms with Crippen molar-refractivity contribution in [2.24, 2.45) is 11.3 Å². The number of ether oxygens (including phenoxy) is 1. The number of nitrogens with one attached hydrogen (secondary N) is 1. The van der Waals surface area contributed by atoms with Crippen molar-refractivity contribution in [3.63, 3.8) is 0 Å². The van der Waals surface area contributed by atoms with Gasteiger partial charge in [0.2, 0.25) is 5.91 Å². The van der Waals surface area contributed by atoms with Gasteiger partial charge in [0, 0.05) is 19.1 Å². The van der Waals surface area contributed by atoms with Crippen LogP contribution in [-0.2, 0) is 9.53 Å². The lowest BCUT2D eigenvalue weighted by Crippen LogP contribution is -2.45. The Balaban J connectivity index is 1.83. The van der Waals surface area contributed by atoms with Crippen LogP contribution in [0.15, 0.2) is 0 Å². The molecule has 2 fully saturated rings. The molecule has 2 heterocycles. The molecular formula is C15H28N2O2. The lowest BCUT2D eigenvalue weighted by atomic mass is 9.81. The van der Waals surface area contributed by atoms with E-state index < -0.39 is 0 Å². The molecule has 1 unspecified atom stereocenters. The van der Waals surface area contributed by atoms with Crippen molar-refractivity contribution in [3.05, 3.63) is 0 Å². The molecule has 2 saturated heterocycles. The van der Waals surface area contributed by atoms with Gasteiger partial charge in [-0.2, -0.15) is 0 Å². The summed E-state index contributed by atoms with van der Waals surface area (Å²) >= 11 is 0. The molecule has 1 amide bonds. The minimum Gasteiger partial charge on any atom is -0.377 e. The summed E-state index contributed by atoms with van der Waals surface area (Å²) in [4.78, 5) is 14.3. The van der Waals surface area contributed by atoms with Gasteiger partial charge >= 0.3 is 0 Å². The van der Waals surface area contributed by atoms with Crippen LogP contribution in [0, 0.1) is 11.3 Å². The van der Waals surface area contributed by atoms with Gasteiger partial charge in [-0.3, -0.25) is 9.69 Å². The van der Waals surface area contributed by atoms with E-state index in [0.717, 1.165) is 39.0 Å². The minimum atomic E-state index is 0.0791. The first-order chi connectivity index (χ1) is 8.89. The molecule has 0 aromatic heterocycles. The van der Waals surface area contributed by atoms with E-state index in [-0.39, 0.29) is 23.5 Å². The summed E-state index contributed by atoms with van der Waals surface area (Å²) in [5, 5.41) is 3.14. The van der Waals surface area contributed by atoms with Gasteiger partial charge in [0.05, 0.1) is 12.1 Å². The van der Waals surface area contributed by atoms with Crippen LogP contribution in [0.5, 0.6) is 0 Å². The molecule has 0 aromatic carbocycles. The maximum Gasteiger partial charge on any atom is 0.237 e. The van der Waals surface area contributed by atoms with Crippen molar-refractivity contribution in [3.8, 4) is 0 Å². The summed E-state index contributed by atoms with van der Waals surface area (Å²) in [6, 6.07) is 0.0791. The molecule has 0 aliphatic carbocycles. The maximum absolute atomic E-state index is 12.2. The normalized spacial score (nSPS) is 32.7. The highest BCUT2D eigenvalue weighted by atomic mass is 16.5. The van der Waals surface area contributed by atoms with E-state index in [4.69, 9.17) is 4.74 Å². The number of hydrogen-bond donors (Lipinski definition) is 1. The molecule has 4 heteroatoms. The van der Waals surface area contributed by atoms with Crippen molar-refractivity contribution < 1.29 is 9.53 Å². The van der Waals surface area contributed by atoms with Gasteiger partial charge in [-0.05, 0) is 38.3 Å². The minimum absolute atomic E-state index is 0.0791. The smallest absolute Gasteiger partial charge is 0.237 e. The van der Waals surface area contributed by atoms with E-state index >= 15 is 0 Å². The van der Waals surface area contributed by atoms with Crippen LogP contribution < -0.4 is 5.32 Å². The topological polar surface area (TPSA) is 41.6 Å². The Kier molecular flexibility index (Phi) is 4.51. The Labute approximate surface area is 116 Å². The third kappa shape index (κ3) is 3.48. The van der Waals surface area contributed by atoms with Crippen LogP contribution in [-0.4, -0.2) is 49.7 Å². The van der Waals surface area contributed by atoms with Crippen LogP contribution in [0.1, 0.15) is 40.0 Å². The maximum atomic E-state index is 12.2. The predicted octanol–water partition coefficient (Wildman–Crippen LogP) is 1.65. The molecule has 0 bridgehead atoms. The lowest BCUT2D eigenvalue weighted by molar-refractivity contribution is -0.125. The first-order valence-corrected chi connectivity index (χ1v) is 7.49. The molecule has 2 aliphatic rings. The predicted molar refractivity (Wildman–Crippen MR) is 76.0 cm³/mol. The number of amides is 1. The Bertz CT molecular complexity index is 325. The van der Waals surface area contributed by atoms with Crippen LogP contribution in [0.3, 0.4) is 0 Å². The molecule has 0 radical (unpaired) electrons. The van der Waals surface area contributed by atoms with Gasteiger partial charge < -0.3 is 10.1 Å². The molecule has 4 nitrogen and oxygen atoms in total. The highest BCUT2D eigenvalue weighted by Crippen LogP contribution is 2.34. The Hall–Kier alpha value is -0.610. The molecule has 3 atom stereocenters. The molecule has 0 saturated carbocycles. The van der Waals surface area contributed by atoms with Crippen molar-refractivity contribution in [2.45, 2.75) is 52.2 Å². The fraction of sp³-hybridized carbons (Fsp3) is 0.933. The van der Waals surface area contributed by atoms with E-state index in [1.165, 1.54) is 0 Å². The number of hydrogen-bond acceptors (Lipinski definition) is 3. The standard InChI is InChI=1S/C15H28N2O2/c1-15(2,3)13-11(7-9-19-13)10-16-14(18)12-6-5-8-17(12)4/h11-13H,5-10H2,1-4H3,(H,16,18)/t11-,12?,13+/m1/s1. The summed E-state index contributed by atoms with van der Waals surface area (Å²) in [5.74, 6) is 0.648. The third-order valence-electron chi connectivity index (χ3n) is 4.43. The number of likely N-dealkylation sites (tertiary alicyclic amines) is 1. The van der Waals surface area contributed by atoms with Crippen molar-refractivity contribution in [1.82, 2.24) is 10.2 Å². The van der Waals surface area contributed by atoms with Crippen molar-refractivity contribution in [2.75, 3.05) is 26.7 Å².